The Hall–Kier alpha value is -3.79. The lowest BCUT2D eigenvalue weighted by atomic mass is 9.97. The van der Waals surface area contributed by atoms with Gasteiger partial charge in [-0.3, -0.25) is 4.98 Å². The highest BCUT2D eigenvalue weighted by Gasteiger charge is 2.24. The third kappa shape index (κ3) is 4.30. The molecule has 0 aliphatic heterocycles. The van der Waals surface area contributed by atoms with Crippen molar-refractivity contribution in [3.63, 3.8) is 0 Å². The highest BCUT2D eigenvalue weighted by Crippen LogP contribution is 2.32. The molecule has 0 aliphatic carbocycles. The first-order chi connectivity index (χ1) is 15.1. The van der Waals surface area contributed by atoms with Gasteiger partial charge in [-0.1, -0.05) is 36.3 Å². The summed E-state index contributed by atoms with van der Waals surface area (Å²) in [5.41, 5.74) is 2.42. The van der Waals surface area contributed by atoms with E-state index in [1.165, 1.54) is 12.0 Å². The van der Waals surface area contributed by atoms with Crippen molar-refractivity contribution >= 4 is 10.8 Å². The van der Waals surface area contributed by atoms with Gasteiger partial charge in [-0.2, -0.15) is 13.2 Å². The molecule has 4 aromatic rings. The molecule has 7 heteroatoms. The van der Waals surface area contributed by atoms with Gasteiger partial charge >= 0.3 is 6.18 Å². The first-order valence-corrected chi connectivity index (χ1v) is 9.37. The minimum Gasteiger partial charge on any atom is -0.256 e. The van der Waals surface area contributed by atoms with Gasteiger partial charge in [0.25, 0.3) is 0 Å². The third-order valence-electron chi connectivity index (χ3n) is 4.84. The van der Waals surface area contributed by atoms with E-state index in [2.05, 4.69) is 4.98 Å². The Bertz CT molecular complexity index is 1380. The molecule has 0 radical (unpaired) electrons. The van der Waals surface area contributed by atoms with Crippen LogP contribution in [0, 0.1) is 36.2 Å². The van der Waals surface area contributed by atoms with Crippen molar-refractivity contribution in [2.75, 3.05) is 0 Å². The van der Waals surface area contributed by atoms with E-state index in [-0.39, 0.29) is 5.39 Å². The van der Waals surface area contributed by atoms with Crippen LogP contribution >= 0.6 is 0 Å². The lowest BCUT2D eigenvalue weighted by molar-refractivity contribution is -0.0696. The summed E-state index contributed by atoms with van der Waals surface area (Å²) in [6.07, 6.45) is -3.20. The largest absolute Gasteiger partial charge is 0.458 e. The number of halogens is 6. The Morgan fingerprint density at radius 3 is 2.09 bits per heavy atom. The molecule has 4 rings (SSSR count). The number of rotatable bonds is 2. The van der Waals surface area contributed by atoms with Crippen molar-refractivity contribution in [1.29, 1.82) is 0 Å². The molecule has 32 heavy (non-hydrogen) atoms. The first-order valence-electron chi connectivity index (χ1n) is 9.37. The summed E-state index contributed by atoms with van der Waals surface area (Å²) in [7, 11) is 0. The van der Waals surface area contributed by atoms with E-state index >= 15 is 0 Å². The van der Waals surface area contributed by atoms with Gasteiger partial charge in [-0.25, -0.2) is 13.2 Å². The van der Waals surface area contributed by atoms with Gasteiger partial charge < -0.3 is 0 Å². The second-order valence-electron chi connectivity index (χ2n) is 7.15. The molecule has 0 amide bonds. The third-order valence-corrected chi connectivity index (χ3v) is 4.84. The number of aromatic nitrogens is 1. The lowest BCUT2D eigenvalue weighted by Crippen LogP contribution is -2.03. The van der Waals surface area contributed by atoms with Gasteiger partial charge in [0.15, 0.2) is 5.82 Å². The van der Waals surface area contributed by atoms with E-state index in [1.807, 2.05) is 19.1 Å². The average Bonchev–Trinajstić information content (AvgIpc) is 2.73. The molecule has 0 aliphatic rings. The Kier molecular flexibility index (Phi) is 5.39. The van der Waals surface area contributed by atoms with E-state index in [0.717, 1.165) is 34.9 Å². The lowest BCUT2D eigenvalue weighted by Gasteiger charge is -2.10. The normalized spacial score (nSPS) is 11.3. The summed E-state index contributed by atoms with van der Waals surface area (Å²) in [5.74, 6) is -1.59. The van der Waals surface area contributed by atoms with Gasteiger partial charge in [0, 0.05) is 17.7 Å². The molecule has 160 valence electrons. The molecule has 0 atom stereocenters. The number of hydrogen-bond acceptors (Lipinski definition) is 1. The van der Waals surface area contributed by atoms with Crippen molar-refractivity contribution in [2.45, 2.75) is 13.1 Å². The van der Waals surface area contributed by atoms with Crippen LogP contribution < -0.4 is 0 Å². The van der Waals surface area contributed by atoms with E-state index in [1.54, 1.807) is 30.5 Å². The number of hydrogen-bond donors (Lipinski definition) is 0. The van der Waals surface area contributed by atoms with Crippen LogP contribution in [0.3, 0.4) is 0 Å². The zero-order chi connectivity index (χ0) is 23.0. The summed E-state index contributed by atoms with van der Waals surface area (Å²) in [5, 5.41) is -0.751. The zero-order valence-electron chi connectivity index (χ0n) is 16.5. The predicted molar refractivity (Wildman–Crippen MR) is 110 cm³/mol. The number of alkyl halides is 3. The Morgan fingerprint density at radius 2 is 1.47 bits per heavy atom. The van der Waals surface area contributed by atoms with Crippen molar-refractivity contribution < 1.29 is 26.3 Å². The molecule has 3 aromatic carbocycles. The molecule has 1 nitrogen and oxygen atoms in total. The van der Waals surface area contributed by atoms with E-state index in [0.29, 0.717) is 11.1 Å². The summed E-state index contributed by atoms with van der Waals surface area (Å²) in [6.45, 7) is 1.92. The Balaban J connectivity index is 1.76. The molecule has 1 heterocycles. The van der Waals surface area contributed by atoms with Crippen molar-refractivity contribution in [3.05, 3.63) is 89.4 Å². The SMILES string of the molecule is Cc1ccc(-c2ccc(-c3cc(F)c4c(F)c(C#CC(F)(F)F)c(F)cc4c3)cc2)nc1. The fourth-order valence-corrected chi connectivity index (χ4v) is 3.30. The number of pyridine rings is 1. The fourth-order valence-electron chi connectivity index (χ4n) is 3.30. The molecule has 0 spiro atoms. The average molecular weight is 441 g/mol. The second-order valence-corrected chi connectivity index (χ2v) is 7.15. The van der Waals surface area contributed by atoms with Gasteiger partial charge in [0.1, 0.15) is 11.6 Å². The molecular formula is C25H13F6N. The molecule has 1 aromatic heterocycles. The Morgan fingerprint density at radius 1 is 0.781 bits per heavy atom. The quantitative estimate of drug-likeness (QED) is 0.237. The molecule has 0 unspecified atom stereocenters. The Labute approximate surface area is 179 Å². The van der Waals surface area contributed by atoms with Crippen LogP contribution in [0.4, 0.5) is 26.3 Å². The molecule has 0 saturated heterocycles. The maximum atomic E-state index is 14.7. The topological polar surface area (TPSA) is 12.9 Å². The number of aryl methyl sites for hydroxylation is 1. The maximum absolute atomic E-state index is 14.7. The highest BCUT2D eigenvalue weighted by atomic mass is 19.4. The van der Waals surface area contributed by atoms with Gasteiger partial charge in [-0.05, 0) is 53.3 Å². The summed E-state index contributed by atoms with van der Waals surface area (Å²) >= 11 is 0. The first kappa shape index (κ1) is 21.4. The van der Waals surface area contributed by atoms with E-state index in [4.69, 9.17) is 0 Å². The molecule has 0 saturated carbocycles. The van der Waals surface area contributed by atoms with Crippen molar-refractivity contribution in [3.8, 4) is 34.2 Å². The van der Waals surface area contributed by atoms with Crippen LogP contribution in [0.15, 0.2) is 60.8 Å². The fraction of sp³-hybridized carbons (Fsp3) is 0.0800. The summed E-state index contributed by atoms with van der Waals surface area (Å²) in [6, 6.07) is 14.0. The summed E-state index contributed by atoms with van der Waals surface area (Å²) < 4.78 is 80.5. The predicted octanol–water partition coefficient (Wildman–Crippen LogP) is 7.21. The molecule has 0 N–H and O–H groups in total. The van der Waals surface area contributed by atoms with E-state index < -0.39 is 34.6 Å². The van der Waals surface area contributed by atoms with E-state index in [9.17, 15) is 26.3 Å². The molecule has 0 fully saturated rings. The smallest absolute Gasteiger partial charge is 0.256 e. The maximum Gasteiger partial charge on any atom is 0.458 e. The molecular weight excluding hydrogens is 428 g/mol. The highest BCUT2D eigenvalue weighted by molar-refractivity contribution is 5.90. The molecule has 0 bridgehead atoms. The number of fused-ring (bicyclic) bond motifs is 1. The zero-order valence-corrected chi connectivity index (χ0v) is 16.5. The standard InChI is InChI=1S/C25H13F6N/c1-14-2-7-22(32-13-14)16-5-3-15(4-6-16)17-10-18-12-20(26)19(8-9-25(29,30)31)24(28)23(18)21(27)11-17/h2-7,10-13H,1H3. The minimum atomic E-state index is -4.93. The van der Waals surface area contributed by atoms with Crippen LogP contribution in [0.2, 0.25) is 0 Å². The van der Waals surface area contributed by atoms with Gasteiger partial charge in [0.05, 0.1) is 16.6 Å². The van der Waals surface area contributed by atoms with Crippen molar-refractivity contribution in [1.82, 2.24) is 4.98 Å². The van der Waals surface area contributed by atoms with Crippen molar-refractivity contribution in [2.24, 2.45) is 0 Å². The number of benzene rings is 3. The van der Waals surface area contributed by atoms with Crippen LogP contribution in [0.25, 0.3) is 33.2 Å². The number of nitrogens with zero attached hydrogens (tertiary/aromatic N) is 1. The van der Waals surface area contributed by atoms with Gasteiger partial charge in [-0.15, -0.1) is 0 Å². The second kappa shape index (κ2) is 8.04. The summed E-state index contributed by atoms with van der Waals surface area (Å²) in [4.78, 5) is 4.34. The minimum absolute atomic E-state index is 0.128. The van der Waals surface area contributed by atoms with Crippen LogP contribution in [0.5, 0.6) is 0 Å². The van der Waals surface area contributed by atoms with Crippen LogP contribution in [0.1, 0.15) is 11.1 Å². The van der Waals surface area contributed by atoms with Gasteiger partial charge in [0.2, 0.25) is 0 Å². The van der Waals surface area contributed by atoms with Crippen LogP contribution in [-0.2, 0) is 0 Å². The monoisotopic (exact) mass is 441 g/mol. The van der Waals surface area contributed by atoms with Crippen LogP contribution in [-0.4, -0.2) is 11.2 Å².